The number of hydrogen-bond donors (Lipinski definition) is 1. The van der Waals surface area contributed by atoms with Gasteiger partial charge in [0.15, 0.2) is 5.82 Å². The van der Waals surface area contributed by atoms with Crippen LogP contribution in [0.5, 0.6) is 5.75 Å². The lowest BCUT2D eigenvalue weighted by molar-refractivity contribution is -0.0270. The van der Waals surface area contributed by atoms with Crippen molar-refractivity contribution in [3.05, 3.63) is 95.4 Å². The zero-order chi connectivity index (χ0) is 30.4. The Morgan fingerprint density at radius 2 is 2.07 bits per heavy atom. The maximum absolute atomic E-state index is 13.5. The van der Waals surface area contributed by atoms with E-state index in [1.807, 2.05) is 39.1 Å². The van der Waals surface area contributed by atoms with Crippen LogP contribution in [-0.2, 0) is 27.4 Å². The number of fused-ring (bicyclic) bond motifs is 1. The molecule has 1 atom stereocenters. The normalized spacial score (nSPS) is 15.6. The zero-order valence-electron chi connectivity index (χ0n) is 24.1. The monoisotopic (exact) mass is 609 g/mol. The van der Waals surface area contributed by atoms with Gasteiger partial charge in [-0.1, -0.05) is 23.7 Å². The van der Waals surface area contributed by atoms with Crippen molar-refractivity contribution in [2.45, 2.75) is 45.7 Å². The highest BCUT2D eigenvalue weighted by atomic mass is 35.5. The van der Waals surface area contributed by atoms with Gasteiger partial charge in [0.2, 0.25) is 0 Å². The smallest absolute Gasteiger partial charge is 0.410 e. The van der Waals surface area contributed by atoms with Gasteiger partial charge < -0.3 is 29.2 Å². The number of carbonyl (C=O) groups is 1. The van der Waals surface area contributed by atoms with Crippen LogP contribution in [0.3, 0.4) is 0 Å². The molecule has 5 rings (SSSR count). The maximum atomic E-state index is 13.5. The Hall–Kier alpha value is -4.35. The summed E-state index contributed by atoms with van der Waals surface area (Å²) in [5.74, 6) is 0.721. The van der Waals surface area contributed by atoms with E-state index in [1.165, 1.54) is 18.5 Å². The fourth-order valence-electron chi connectivity index (χ4n) is 4.41. The second-order valence-electron chi connectivity index (χ2n) is 10.9. The fraction of sp³-hybridized carbons (Fsp3) is 0.323. The van der Waals surface area contributed by atoms with E-state index in [9.17, 15) is 9.18 Å². The third kappa shape index (κ3) is 8.14. The molecular weight excluding hydrogens is 577 g/mol. The highest BCUT2D eigenvalue weighted by Gasteiger charge is 2.27. The lowest BCUT2D eigenvalue weighted by Gasteiger charge is -2.33. The molecule has 0 radical (unpaired) electrons. The van der Waals surface area contributed by atoms with Crippen LogP contribution < -0.4 is 10.1 Å². The third-order valence-electron chi connectivity index (χ3n) is 6.39. The van der Waals surface area contributed by atoms with Crippen LogP contribution in [0.1, 0.15) is 31.9 Å². The van der Waals surface area contributed by atoms with Crippen LogP contribution in [-0.4, -0.2) is 57.0 Å². The molecule has 1 N–H and O–H groups in total. The number of nitrogens with one attached hydrogen (secondary N) is 1. The minimum atomic E-state index is -0.558. The summed E-state index contributed by atoms with van der Waals surface area (Å²) in [6.07, 6.45) is 5.97. The van der Waals surface area contributed by atoms with Gasteiger partial charge in [0.25, 0.3) is 0 Å². The number of morpholine rings is 1. The number of benzene rings is 2. The summed E-state index contributed by atoms with van der Waals surface area (Å²) in [5.41, 5.74) is 2.43. The average molecular weight is 610 g/mol. The molecule has 4 aromatic rings. The Balaban J connectivity index is 1.20. The highest BCUT2D eigenvalue weighted by molar-refractivity contribution is 6.32. The molecule has 0 bridgehead atoms. The lowest BCUT2D eigenvalue weighted by Crippen LogP contribution is -2.46. The molecule has 10 nitrogen and oxygen atoms in total. The van der Waals surface area contributed by atoms with Gasteiger partial charge in [-0.2, -0.15) is 5.10 Å². The van der Waals surface area contributed by atoms with Crippen LogP contribution in [0.15, 0.2) is 73.4 Å². The topological polar surface area (TPSA) is 99.5 Å². The molecule has 1 aliphatic rings. The molecule has 2 aromatic heterocycles. The molecule has 12 heteroatoms. The summed E-state index contributed by atoms with van der Waals surface area (Å²) in [6, 6.07) is 13.4. The van der Waals surface area contributed by atoms with Crippen molar-refractivity contribution in [3.8, 4) is 5.75 Å². The fourth-order valence-corrected chi connectivity index (χ4v) is 4.65. The van der Waals surface area contributed by atoms with Crippen LogP contribution in [0.25, 0.3) is 5.52 Å². The molecule has 1 saturated heterocycles. The standard InChI is InChI=1S/C31H33ClFN5O5/c1-31(2,3)43-30(39)37-12-14-41-25(17-37)10-13-40-19-22-9-11-38-28(22)29(34-20-35-38)36-24-7-8-27(26(32)16-24)42-18-21-5-4-6-23(33)15-21/h4-11,13,15-16,20,25H,12,14,17-19H2,1-3H3,(H,34,35,36)/b13-10+. The van der Waals surface area contributed by atoms with E-state index in [-0.39, 0.29) is 31.2 Å². The first kappa shape index (κ1) is 30.1. The van der Waals surface area contributed by atoms with Crippen molar-refractivity contribution in [3.63, 3.8) is 0 Å². The molecule has 1 aliphatic heterocycles. The lowest BCUT2D eigenvalue weighted by atomic mass is 10.2. The van der Waals surface area contributed by atoms with E-state index in [4.69, 9.17) is 30.5 Å². The first-order valence-corrected chi connectivity index (χ1v) is 14.2. The third-order valence-corrected chi connectivity index (χ3v) is 6.68. The van der Waals surface area contributed by atoms with Gasteiger partial charge in [0.1, 0.15) is 42.2 Å². The summed E-state index contributed by atoms with van der Waals surface area (Å²) in [6.45, 7) is 7.23. The van der Waals surface area contributed by atoms with Gasteiger partial charge in [-0.15, -0.1) is 0 Å². The van der Waals surface area contributed by atoms with Crippen LogP contribution in [0.4, 0.5) is 20.7 Å². The van der Waals surface area contributed by atoms with E-state index < -0.39 is 5.60 Å². The number of rotatable bonds is 9. The molecule has 1 fully saturated rings. The predicted octanol–water partition coefficient (Wildman–Crippen LogP) is 6.51. The summed E-state index contributed by atoms with van der Waals surface area (Å²) in [7, 11) is 0. The number of amides is 1. The number of hydrogen-bond acceptors (Lipinski definition) is 8. The summed E-state index contributed by atoms with van der Waals surface area (Å²) in [4.78, 5) is 18.5. The van der Waals surface area contributed by atoms with E-state index in [2.05, 4.69) is 15.4 Å². The first-order valence-electron chi connectivity index (χ1n) is 13.8. The minimum Gasteiger partial charge on any atom is -0.497 e. The Labute approximate surface area is 254 Å². The number of nitrogens with zero attached hydrogens (tertiary/aromatic N) is 4. The molecule has 0 spiro atoms. The van der Waals surface area contributed by atoms with Gasteiger partial charge in [-0.25, -0.2) is 18.7 Å². The van der Waals surface area contributed by atoms with Crippen molar-refractivity contribution in [1.82, 2.24) is 19.5 Å². The van der Waals surface area contributed by atoms with E-state index in [0.29, 0.717) is 47.5 Å². The van der Waals surface area contributed by atoms with Crippen LogP contribution in [0.2, 0.25) is 5.02 Å². The molecule has 0 aliphatic carbocycles. The second-order valence-corrected chi connectivity index (χ2v) is 11.3. The maximum Gasteiger partial charge on any atom is 0.410 e. The van der Waals surface area contributed by atoms with Crippen molar-refractivity contribution in [2.24, 2.45) is 0 Å². The molecule has 1 amide bonds. The minimum absolute atomic E-state index is 0.188. The Bertz CT molecular complexity index is 1610. The highest BCUT2D eigenvalue weighted by Crippen LogP contribution is 2.31. The molecule has 2 aromatic carbocycles. The summed E-state index contributed by atoms with van der Waals surface area (Å²) in [5, 5.41) is 7.98. The Morgan fingerprint density at radius 1 is 1.21 bits per heavy atom. The molecule has 226 valence electrons. The number of aromatic nitrogens is 3. The quantitative estimate of drug-likeness (QED) is 0.214. The van der Waals surface area contributed by atoms with E-state index in [1.54, 1.807) is 46.0 Å². The van der Waals surface area contributed by atoms with Gasteiger partial charge >= 0.3 is 6.09 Å². The number of anilines is 2. The van der Waals surface area contributed by atoms with Gasteiger partial charge in [0, 0.05) is 24.0 Å². The van der Waals surface area contributed by atoms with E-state index >= 15 is 0 Å². The molecular formula is C31H33ClFN5O5. The number of carbonyl (C=O) groups excluding carboxylic acids is 1. The molecule has 0 saturated carbocycles. The Kier molecular flexibility index (Phi) is 9.32. The molecule has 1 unspecified atom stereocenters. The predicted molar refractivity (Wildman–Crippen MR) is 160 cm³/mol. The number of halogens is 2. The summed E-state index contributed by atoms with van der Waals surface area (Å²) < 4.78 is 38.0. The molecule has 43 heavy (non-hydrogen) atoms. The first-order chi connectivity index (χ1) is 20.6. The zero-order valence-corrected chi connectivity index (χ0v) is 24.9. The summed E-state index contributed by atoms with van der Waals surface area (Å²) >= 11 is 6.48. The number of ether oxygens (including phenoxy) is 4. The van der Waals surface area contributed by atoms with Gasteiger partial charge in [0.05, 0.1) is 30.5 Å². The van der Waals surface area contributed by atoms with Crippen molar-refractivity contribution < 1.29 is 28.1 Å². The SMILES string of the molecule is CC(C)(C)OC(=O)N1CCOC(/C=C/OCc2ccn3ncnc(Nc4ccc(OCc5cccc(F)c5)c(Cl)c4)c23)C1. The second kappa shape index (κ2) is 13.3. The van der Waals surface area contributed by atoms with Gasteiger partial charge in [-0.05, 0) is 68.8 Å². The van der Waals surface area contributed by atoms with Crippen LogP contribution in [0, 0.1) is 5.82 Å². The van der Waals surface area contributed by atoms with E-state index in [0.717, 1.165) is 11.1 Å². The average Bonchev–Trinajstić information content (AvgIpc) is 3.38. The van der Waals surface area contributed by atoms with Crippen molar-refractivity contribution >= 4 is 34.7 Å². The van der Waals surface area contributed by atoms with Gasteiger partial charge in [-0.3, -0.25) is 0 Å². The van der Waals surface area contributed by atoms with Crippen molar-refractivity contribution in [2.75, 3.05) is 25.0 Å². The molecule has 3 heterocycles. The van der Waals surface area contributed by atoms with Crippen molar-refractivity contribution in [1.29, 1.82) is 0 Å². The Morgan fingerprint density at radius 3 is 2.86 bits per heavy atom. The largest absolute Gasteiger partial charge is 0.497 e. The van der Waals surface area contributed by atoms with Crippen LogP contribution >= 0.6 is 11.6 Å².